The SMILES string of the molecule is Cn1c(SCC(=O)Nc2ccccc2OC(F)F)nc2sc(-c3ccccc3)cc2c1=O. The van der Waals surface area contributed by atoms with Crippen LogP contribution in [0.2, 0.25) is 0 Å². The van der Waals surface area contributed by atoms with Crippen LogP contribution in [0, 0.1) is 0 Å². The van der Waals surface area contributed by atoms with Crippen LogP contribution in [-0.4, -0.2) is 27.8 Å². The second-order valence-electron chi connectivity index (χ2n) is 6.67. The van der Waals surface area contributed by atoms with Gasteiger partial charge in [0.05, 0.1) is 16.8 Å². The fourth-order valence-corrected chi connectivity index (χ4v) is 4.86. The number of benzene rings is 2. The van der Waals surface area contributed by atoms with Crippen LogP contribution in [0.1, 0.15) is 0 Å². The molecule has 2 aromatic heterocycles. The molecule has 32 heavy (non-hydrogen) atoms. The van der Waals surface area contributed by atoms with Crippen molar-refractivity contribution >= 4 is 44.9 Å². The van der Waals surface area contributed by atoms with Gasteiger partial charge >= 0.3 is 6.61 Å². The Labute approximate surface area is 189 Å². The molecule has 0 saturated carbocycles. The van der Waals surface area contributed by atoms with Crippen molar-refractivity contribution in [3.8, 4) is 16.2 Å². The molecule has 0 radical (unpaired) electrons. The van der Waals surface area contributed by atoms with Gasteiger partial charge in [0, 0.05) is 11.9 Å². The van der Waals surface area contributed by atoms with Crippen LogP contribution in [0.15, 0.2) is 70.6 Å². The molecule has 0 aliphatic rings. The van der Waals surface area contributed by atoms with Gasteiger partial charge in [-0.25, -0.2) is 4.98 Å². The Kier molecular flexibility index (Phi) is 6.52. The summed E-state index contributed by atoms with van der Waals surface area (Å²) in [5.41, 5.74) is 0.935. The minimum Gasteiger partial charge on any atom is -0.433 e. The predicted molar refractivity (Wildman–Crippen MR) is 123 cm³/mol. The molecule has 0 saturated heterocycles. The molecule has 1 N–H and O–H groups in total. The van der Waals surface area contributed by atoms with Gasteiger partial charge in [-0.2, -0.15) is 8.78 Å². The first-order chi connectivity index (χ1) is 15.4. The average Bonchev–Trinajstić information content (AvgIpc) is 3.21. The van der Waals surface area contributed by atoms with Crippen molar-refractivity contribution in [2.45, 2.75) is 11.8 Å². The van der Waals surface area contributed by atoms with Crippen LogP contribution in [0.5, 0.6) is 5.75 Å². The number of aromatic nitrogens is 2. The third-order valence-corrected chi connectivity index (χ3v) is 6.61. The van der Waals surface area contributed by atoms with Crippen LogP contribution in [-0.2, 0) is 11.8 Å². The largest absolute Gasteiger partial charge is 0.433 e. The number of nitrogens with zero attached hydrogens (tertiary/aromatic N) is 2. The fraction of sp³-hybridized carbons (Fsp3) is 0.136. The van der Waals surface area contributed by atoms with Gasteiger partial charge in [0.1, 0.15) is 10.6 Å². The number of amides is 1. The molecule has 164 valence electrons. The maximum atomic E-state index is 12.8. The molecule has 2 aromatic carbocycles. The van der Waals surface area contributed by atoms with Crippen LogP contribution in [0.25, 0.3) is 20.7 Å². The quantitative estimate of drug-likeness (QED) is 0.302. The number of rotatable bonds is 7. The third kappa shape index (κ3) is 4.81. The first-order valence-electron chi connectivity index (χ1n) is 9.45. The molecule has 4 rings (SSSR count). The Balaban J connectivity index is 1.52. The number of thiophene rings is 1. The van der Waals surface area contributed by atoms with E-state index in [1.54, 1.807) is 13.1 Å². The Morgan fingerprint density at radius 3 is 2.66 bits per heavy atom. The topological polar surface area (TPSA) is 73.2 Å². The van der Waals surface area contributed by atoms with E-state index in [-0.39, 0.29) is 22.7 Å². The number of para-hydroxylation sites is 2. The average molecular weight is 474 g/mol. The van der Waals surface area contributed by atoms with E-state index < -0.39 is 12.5 Å². The molecule has 0 fully saturated rings. The number of halogens is 2. The van der Waals surface area contributed by atoms with Gasteiger partial charge in [-0.3, -0.25) is 14.2 Å². The summed E-state index contributed by atoms with van der Waals surface area (Å²) in [4.78, 5) is 31.3. The van der Waals surface area contributed by atoms with E-state index >= 15 is 0 Å². The van der Waals surface area contributed by atoms with E-state index in [1.165, 1.54) is 34.1 Å². The Morgan fingerprint density at radius 2 is 1.91 bits per heavy atom. The maximum absolute atomic E-state index is 12.8. The molecule has 10 heteroatoms. The summed E-state index contributed by atoms with van der Waals surface area (Å²) in [7, 11) is 1.60. The molecule has 6 nitrogen and oxygen atoms in total. The van der Waals surface area contributed by atoms with Gasteiger partial charge in [0.15, 0.2) is 5.16 Å². The normalized spacial score (nSPS) is 11.1. The summed E-state index contributed by atoms with van der Waals surface area (Å²) < 4.78 is 30.9. The summed E-state index contributed by atoms with van der Waals surface area (Å²) in [5.74, 6) is -0.628. The zero-order chi connectivity index (χ0) is 22.7. The molecular formula is C22H17F2N3O3S2. The summed E-state index contributed by atoms with van der Waals surface area (Å²) in [6.45, 7) is -3.00. The Hall–Kier alpha value is -3.24. The van der Waals surface area contributed by atoms with Crippen LogP contribution >= 0.6 is 23.1 Å². The zero-order valence-electron chi connectivity index (χ0n) is 16.7. The van der Waals surface area contributed by atoms with Crippen molar-refractivity contribution in [3.05, 3.63) is 71.0 Å². The van der Waals surface area contributed by atoms with Gasteiger partial charge in [0.2, 0.25) is 5.91 Å². The van der Waals surface area contributed by atoms with E-state index in [1.807, 2.05) is 36.4 Å². The number of hydrogen-bond donors (Lipinski definition) is 1. The lowest BCUT2D eigenvalue weighted by atomic mass is 10.2. The van der Waals surface area contributed by atoms with E-state index in [2.05, 4.69) is 15.0 Å². The lowest BCUT2D eigenvalue weighted by Gasteiger charge is -2.12. The Morgan fingerprint density at radius 1 is 1.19 bits per heavy atom. The summed E-state index contributed by atoms with van der Waals surface area (Å²) in [5, 5.41) is 3.45. The highest BCUT2D eigenvalue weighted by atomic mass is 32.2. The molecule has 0 spiro atoms. The molecule has 0 unspecified atom stereocenters. The van der Waals surface area contributed by atoms with E-state index in [4.69, 9.17) is 0 Å². The van der Waals surface area contributed by atoms with Gasteiger partial charge in [-0.1, -0.05) is 54.2 Å². The van der Waals surface area contributed by atoms with Crippen molar-refractivity contribution in [1.29, 1.82) is 0 Å². The predicted octanol–water partition coefficient (Wildman–Crippen LogP) is 4.99. The van der Waals surface area contributed by atoms with Gasteiger partial charge < -0.3 is 10.1 Å². The number of ether oxygens (including phenoxy) is 1. The van der Waals surface area contributed by atoms with Crippen molar-refractivity contribution in [2.24, 2.45) is 7.05 Å². The van der Waals surface area contributed by atoms with Crippen molar-refractivity contribution in [3.63, 3.8) is 0 Å². The number of nitrogens with one attached hydrogen (secondary N) is 1. The second kappa shape index (κ2) is 9.49. The standard InChI is InChI=1S/C22H17F2N3O3S2/c1-27-20(29)14-11-17(13-7-3-2-4-8-13)32-19(14)26-22(27)31-12-18(28)25-15-9-5-6-10-16(15)30-21(23)24/h2-11,21H,12H2,1H3,(H,25,28). The smallest absolute Gasteiger partial charge is 0.387 e. The monoisotopic (exact) mass is 473 g/mol. The van der Waals surface area contributed by atoms with Crippen molar-refractivity contribution in [2.75, 3.05) is 11.1 Å². The number of carbonyl (C=O) groups excluding carboxylic acids is 1. The molecule has 1 amide bonds. The number of thioether (sulfide) groups is 1. The third-order valence-electron chi connectivity index (χ3n) is 4.50. The van der Waals surface area contributed by atoms with Crippen LogP contribution in [0.3, 0.4) is 0 Å². The minimum atomic E-state index is -3.00. The highest BCUT2D eigenvalue weighted by molar-refractivity contribution is 7.99. The highest BCUT2D eigenvalue weighted by Gasteiger charge is 2.16. The molecule has 0 aliphatic carbocycles. The molecule has 2 heterocycles. The number of anilines is 1. The Bertz CT molecular complexity index is 1320. The fourth-order valence-electron chi connectivity index (χ4n) is 3.01. The summed E-state index contributed by atoms with van der Waals surface area (Å²) >= 11 is 2.49. The molecule has 0 bridgehead atoms. The molecule has 4 aromatic rings. The lowest BCUT2D eigenvalue weighted by Crippen LogP contribution is -2.21. The lowest BCUT2D eigenvalue weighted by molar-refractivity contribution is -0.113. The molecule has 0 aliphatic heterocycles. The van der Waals surface area contributed by atoms with Crippen LogP contribution in [0.4, 0.5) is 14.5 Å². The second-order valence-corrected chi connectivity index (χ2v) is 8.64. The first kappa shape index (κ1) is 22.0. The summed E-state index contributed by atoms with van der Waals surface area (Å²) in [6.07, 6.45) is 0. The molecule has 0 atom stereocenters. The van der Waals surface area contributed by atoms with Gasteiger partial charge in [-0.05, 0) is 23.8 Å². The van der Waals surface area contributed by atoms with Crippen LogP contribution < -0.4 is 15.6 Å². The van der Waals surface area contributed by atoms with E-state index in [9.17, 15) is 18.4 Å². The minimum absolute atomic E-state index is 0.0638. The summed E-state index contributed by atoms with van der Waals surface area (Å²) in [6, 6.07) is 17.5. The van der Waals surface area contributed by atoms with Crippen molar-refractivity contribution < 1.29 is 18.3 Å². The maximum Gasteiger partial charge on any atom is 0.387 e. The first-order valence-corrected chi connectivity index (χ1v) is 11.2. The molecular weight excluding hydrogens is 456 g/mol. The number of alkyl halides is 2. The zero-order valence-corrected chi connectivity index (χ0v) is 18.4. The van der Waals surface area contributed by atoms with E-state index in [0.29, 0.717) is 15.4 Å². The number of carbonyl (C=O) groups is 1. The highest BCUT2D eigenvalue weighted by Crippen LogP contribution is 2.32. The van der Waals surface area contributed by atoms with E-state index in [0.717, 1.165) is 22.2 Å². The van der Waals surface area contributed by atoms with Crippen molar-refractivity contribution in [1.82, 2.24) is 9.55 Å². The van der Waals surface area contributed by atoms with Gasteiger partial charge in [0.25, 0.3) is 5.56 Å². The van der Waals surface area contributed by atoms with Gasteiger partial charge in [-0.15, -0.1) is 11.3 Å². The number of hydrogen-bond acceptors (Lipinski definition) is 6. The number of fused-ring (bicyclic) bond motifs is 1.